The second-order valence-corrected chi connectivity index (χ2v) is 6.91. The molecule has 1 amide bonds. The number of piperazine rings is 1. The molecular weight excluding hydrogens is 350 g/mol. The van der Waals surface area contributed by atoms with E-state index in [2.05, 4.69) is 9.88 Å². The fourth-order valence-corrected chi connectivity index (χ4v) is 3.68. The van der Waals surface area contributed by atoms with Crippen molar-refractivity contribution in [2.45, 2.75) is 5.60 Å². The summed E-state index contributed by atoms with van der Waals surface area (Å²) in [5.74, 6) is 0.626. The first-order valence-corrected chi connectivity index (χ1v) is 9.48. The van der Waals surface area contributed by atoms with Gasteiger partial charge in [-0.1, -0.05) is 66.7 Å². The summed E-state index contributed by atoms with van der Waals surface area (Å²) in [6.45, 7) is 2.44. The van der Waals surface area contributed by atoms with E-state index in [9.17, 15) is 9.90 Å². The SMILES string of the molecule is O=C(N1CCN(c2ccccn2)CC1)C(O)(c1ccccc1)c1ccccc1. The quantitative estimate of drug-likeness (QED) is 0.764. The zero-order valence-corrected chi connectivity index (χ0v) is 15.6. The van der Waals surface area contributed by atoms with Crippen LogP contribution in [-0.4, -0.2) is 47.1 Å². The first-order chi connectivity index (χ1) is 13.7. The smallest absolute Gasteiger partial charge is 0.264 e. The molecule has 3 aromatic rings. The molecule has 5 heteroatoms. The molecule has 0 radical (unpaired) electrons. The number of anilines is 1. The second-order valence-electron chi connectivity index (χ2n) is 6.91. The molecule has 28 heavy (non-hydrogen) atoms. The topological polar surface area (TPSA) is 56.7 Å². The van der Waals surface area contributed by atoms with Crippen LogP contribution in [0.5, 0.6) is 0 Å². The molecule has 1 saturated heterocycles. The molecule has 2 aromatic carbocycles. The van der Waals surface area contributed by atoms with Crippen LogP contribution >= 0.6 is 0 Å². The molecule has 0 unspecified atom stereocenters. The predicted molar refractivity (Wildman–Crippen MR) is 109 cm³/mol. The number of hydrogen-bond acceptors (Lipinski definition) is 4. The van der Waals surface area contributed by atoms with E-state index >= 15 is 0 Å². The van der Waals surface area contributed by atoms with Crippen LogP contribution in [0.3, 0.4) is 0 Å². The highest BCUT2D eigenvalue weighted by molar-refractivity contribution is 5.90. The van der Waals surface area contributed by atoms with Crippen LogP contribution < -0.4 is 4.90 Å². The standard InChI is InChI=1S/C23H23N3O2/c27-22(26-17-15-25(16-18-26)21-13-7-8-14-24-21)23(28,19-9-3-1-4-10-19)20-11-5-2-6-12-20/h1-14,28H,15-18H2. The first kappa shape index (κ1) is 18.2. The van der Waals surface area contributed by atoms with Crippen LogP contribution in [0.4, 0.5) is 5.82 Å². The van der Waals surface area contributed by atoms with Gasteiger partial charge in [0.1, 0.15) is 5.82 Å². The number of aromatic nitrogens is 1. The summed E-state index contributed by atoms with van der Waals surface area (Å²) >= 11 is 0. The van der Waals surface area contributed by atoms with Crippen LogP contribution in [0.2, 0.25) is 0 Å². The van der Waals surface area contributed by atoms with Gasteiger partial charge in [0.15, 0.2) is 5.60 Å². The Labute approximate surface area is 164 Å². The maximum Gasteiger partial charge on any atom is 0.264 e. The molecule has 0 saturated carbocycles. The average molecular weight is 373 g/mol. The fraction of sp³-hybridized carbons (Fsp3) is 0.217. The van der Waals surface area contributed by atoms with Crippen molar-refractivity contribution in [2.75, 3.05) is 31.1 Å². The highest BCUT2D eigenvalue weighted by Crippen LogP contribution is 2.32. The zero-order chi connectivity index (χ0) is 19.4. The highest BCUT2D eigenvalue weighted by atomic mass is 16.3. The number of carbonyl (C=O) groups excluding carboxylic acids is 1. The fourth-order valence-electron chi connectivity index (χ4n) is 3.68. The molecule has 1 aromatic heterocycles. The molecule has 0 spiro atoms. The molecule has 4 rings (SSSR count). The Morgan fingerprint density at radius 2 is 1.32 bits per heavy atom. The van der Waals surface area contributed by atoms with Crippen molar-refractivity contribution in [3.63, 3.8) is 0 Å². The Morgan fingerprint density at radius 1 is 0.786 bits per heavy atom. The van der Waals surface area contributed by atoms with Gasteiger partial charge in [0.2, 0.25) is 0 Å². The van der Waals surface area contributed by atoms with Gasteiger partial charge in [-0.2, -0.15) is 0 Å². The van der Waals surface area contributed by atoms with Gasteiger partial charge in [0, 0.05) is 32.4 Å². The number of amides is 1. The summed E-state index contributed by atoms with van der Waals surface area (Å²) in [5, 5.41) is 11.6. The molecule has 1 fully saturated rings. The number of carbonyl (C=O) groups is 1. The molecule has 2 heterocycles. The Morgan fingerprint density at radius 3 is 1.82 bits per heavy atom. The van der Waals surface area contributed by atoms with Gasteiger partial charge in [-0.15, -0.1) is 0 Å². The second kappa shape index (κ2) is 7.82. The van der Waals surface area contributed by atoms with Crippen LogP contribution in [0.25, 0.3) is 0 Å². The maximum absolute atomic E-state index is 13.5. The maximum atomic E-state index is 13.5. The van der Waals surface area contributed by atoms with Crippen LogP contribution in [0.1, 0.15) is 11.1 Å². The summed E-state index contributed by atoms with van der Waals surface area (Å²) in [4.78, 5) is 21.8. The molecule has 0 atom stereocenters. The van der Waals surface area contributed by atoms with E-state index in [-0.39, 0.29) is 5.91 Å². The minimum absolute atomic E-state index is 0.287. The van der Waals surface area contributed by atoms with Crippen LogP contribution in [0.15, 0.2) is 85.1 Å². The Balaban J connectivity index is 1.59. The lowest BCUT2D eigenvalue weighted by Crippen LogP contribution is -2.55. The average Bonchev–Trinajstić information content (AvgIpc) is 2.80. The molecule has 0 bridgehead atoms. The number of rotatable bonds is 4. The van der Waals surface area contributed by atoms with Crippen LogP contribution in [-0.2, 0) is 10.4 Å². The summed E-state index contributed by atoms with van der Waals surface area (Å²) in [6, 6.07) is 24.2. The number of nitrogens with zero attached hydrogens (tertiary/aromatic N) is 3. The van der Waals surface area contributed by atoms with Gasteiger partial charge >= 0.3 is 0 Å². The van der Waals surface area contributed by atoms with E-state index < -0.39 is 5.60 Å². The Kier molecular flexibility index (Phi) is 5.08. The van der Waals surface area contributed by atoms with Crippen molar-refractivity contribution in [1.29, 1.82) is 0 Å². The number of hydrogen-bond donors (Lipinski definition) is 1. The summed E-state index contributed by atoms with van der Waals surface area (Å²) < 4.78 is 0. The van der Waals surface area contributed by atoms with Gasteiger partial charge in [-0.05, 0) is 23.3 Å². The predicted octanol–water partition coefficient (Wildman–Crippen LogP) is 2.67. The third kappa shape index (κ3) is 3.37. The number of pyridine rings is 1. The normalized spacial score (nSPS) is 14.8. The van der Waals surface area contributed by atoms with Gasteiger partial charge in [0.25, 0.3) is 5.91 Å². The summed E-state index contributed by atoms with van der Waals surface area (Å²) in [5.41, 5.74) is -0.535. The lowest BCUT2D eigenvalue weighted by atomic mass is 9.85. The zero-order valence-electron chi connectivity index (χ0n) is 15.6. The van der Waals surface area contributed by atoms with Crippen molar-refractivity contribution >= 4 is 11.7 Å². The van der Waals surface area contributed by atoms with Crippen molar-refractivity contribution in [1.82, 2.24) is 9.88 Å². The van der Waals surface area contributed by atoms with E-state index in [1.807, 2.05) is 54.6 Å². The van der Waals surface area contributed by atoms with E-state index in [1.54, 1.807) is 35.4 Å². The lowest BCUT2D eigenvalue weighted by Gasteiger charge is -2.39. The molecule has 1 aliphatic rings. The number of aliphatic hydroxyl groups is 1. The third-order valence-electron chi connectivity index (χ3n) is 5.23. The van der Waals surface area contributed by atoms with E-state index in [1.165, 1.54) is 0 Å². The Hall–Kier alpha value is -3.18. The molecule has 0 aliphatic carbocycles. The molecular formula is C23H23N3O2. The van der Waals surface area contributed by atoms with E-state index in [0.717, 1.165) is 5.82 Å². The van der Waals surface area contributed by atoms with Crippen molar-refractivity contribution in [3.05, 3.63) is 96.2 Å². The van der Waals surface area contributed by atoms with Gasteiger partial charge in [-0.25, -0.2) is 4.98 Å². The largest absolute Gasteiger partial charge is 0.372 e. The molecule has 142 valence electrons. The Bertz CT molecular complexity index is 869. The first-order valence-electron chi connectivity index (χ1n) is 9.48. The van der Waals surface area contributed by atoms with Crippen molar-refractivity contribution in [3.8, 4) is 0 Å². The minimum Gasteiger partial charge on any atom is -0.372 e. The van der Waals surface area contributed by atoms with Crippen LogP contribution in [0, 0.1) is 0 Å². The minimum atomic E-state index is -1.70. The highest BCUT2D eigenvalue weighted by Gasteiger charge is 2.43. The molecule has 5 nitrogen and oxygen atoms in total. The third-order valence-corrected chi connectivity index (χ3v) is 5.23. The van der Waals surface area contributed by atoms with Crippen molar-refractivity contribution in [2.24, 2.45) is 0 Å². The van der Waals surface area contributed by atoms with Gasteiger partial charge < -0.3 is 14.9 Å². The lowest BCUT2D eigenvalue weighted by molar-refractivity contribution is -0.148. The van der Waals surface area contributed by atoms with E-state index in [0.29, 0.717) is 37.3 Å². The van der Waals surface area contributed by atoms with E-state index in [4.69, 9.17) is 0 Å². The monoisotopic (exact) mass is 373 g/mol. The van der Waals surface area contributed by atoms with Gasteiger partial charge in [-0.3, -0.25) is 4.79 Å². The summed E-state index contributed by atoms with van der Waals surface area (Å²) in [6.07, 6.45) is 1.77. The van der Waals surface area contributed by atoms with Crippen molar-refractivity contribution < 1.29 is 9.90 Å². The number of benzene rings is 2. The molecule has 1 N–H and O–H groups in total. The molecule has 1 aliphatic heterocycles. The van der Waals surface area contributed by atoms with Gasteiger partial charge in [0.05, 0.1) is 0 Å². The summed E-state index contributed by atoms with van der Waals surface area (Å²) in [7, 11) is 0.